The Kier molecular flexibility index (Phi) is 4.37. The molecular formula is C13H20N2O2. The number of nitrogens with zero attached hydrogens (tertiary/aromatic N) is 1. The number of anilines is 1. The first kappa shape index (κ1) is 13.4. The van der Waals surface area contributed by atoms with E-state index in [-0.39, 0.29) is 12.0 Å². The van der Waals surface area contributed by atoms with Crippen LogP contribution in [0.4, 0.5) is 5.69 Å². The summed E-state index contributed by atoms with van der Waals surface area (Å²) in [7, 11) is 3.43. The van der Waals surface area contributed by atoms with Gasteiger partial charge in [0, 0.05) is 19.7 Å². The van der Waals surface area contributed by atoms with E-state index in [1.54, 1.807) is 32.3 Å². The SMILES string of the molecule is CCC(C)Oc1cc(C(=O)N(C)C)ccc1N. The normalized spacial score (nSPS) is 12.0. The number of nitrogen functional groups attached to an aromatic ring is 1. The average Bonchev–Trinajstić information content (AvgIpc) is 2.30. The third-order valence-corrected chi connectivity index (χ3v) is 2.57. The van der Waals surface area contributed by atoms with Gasteiger partial charge in [-0.05, 0) is 31.5 Å². The van der Waals surface area contributed by atoms with Crippen molar-refractivity contribution in [1.29, 1.82) is 0 Å². The largest absolute Gasteiger partial charge is 0.489 e. The quantitative estimate of drug-likeness (QED) is 0.815. The maximum Gasteiger partial charge on any atom is 0.253 e. The lowest BCUT2D eigenvalue weighted by atomic mass is 10.1. The number of benzene rings is 1. The predicted octanol–water partition coefficient (Wildman–Crippen LogP) is 2.15. The van der Waals surface area contributed by atoms with Gasteiger partial charge in [0.1, 0.15) is 5.75 Å². The van der Waals surface area contributed by atoms with Crippen LogP contribution in [0.3, 0.4) is 0 Å². The zero-order chi connectivity index (χ0) is 13.0. The third kappa shape index (κ3) is 3.37. The van der Waals surface area contributed by atoms with E-state index in [4.69, 9.17) is 10.5 Å². The van der Waals surface area contributed by atoms with Crippen LogP contribution in [0.15, 0.2) is 18.2 Å². The van der Waals surface area contributed by atoms with Crippen LogP contribution in [-0.2, 0) is 0 Å². The van der Waals surface area contributed by atoms with E-state index in [2.05, 4.69) is 0 Å². The maximum atomic E-state index is 11.8. The van der Waals surface area contributed by atoms with E-state index in [1.165, 1.54) is 4.90 Å². The van der Waals surface area contributed by atoms with Crippen molar-refractivity contribution in [2.75, 3.05) is 19.8 Å². The number of amides is 1. The Labute approximate surface area is 102 Å². The Morgan fingerprint density at radius 3 is 2.65 bits per heavy atom. The summed E-state index contributed by atoms with van der Waals surface area (Å²) in [6.07, 6.45) is 0.979. The van der Waals surface area contributed by atoms with Crippen molar-refractivity contribution in [3.63, 3.8) is 0 Å². The fourth-order valence-electron chi connectivity index (χ4n) is 1.33. The minimum Gasteiger partial charge on any atom is -0.489 e. The molecular weight excluding hydrogens is 216 g/mol. The van der Waals surface area contributed by atoms with Crippen LogP contribution < -0.4 is 10.5 Å². The second-order valence-corrected chi connectivity index (χ2v) is 4.29. The van der Waals surface area contributed by atoms with Gasteiger partial charge in [-0.3, -0.25) is 4.79 Å². The van der Waals surface area contributed by atoms with Crippen LogP contribution in [0.25, 0.3) is 0 Å². The fourth-order valence-corrected chi connectivity index (χ4v) is 1.33. The summed E-state index contributed by atoms with van der Waals surface area (Å²) in [5.41, 5.74) is 6.96. The molecule has 0 saturated heterocycles. The average molecular weight is 236 g/mol. The topological polar surface area (TPSA) is 55.6 Å². The number of nitrogens with two attached hydrogens (primary N) is 1. The van der Waals surface area contributed by atoms with Crippen molar-refractivity contribution in [3.8, 4) is 5.75 Å². The lowest BCUT2D eigenvalue weighted by Gasteiger charge is -2.16. The molecule has 0 saturated carbocycles. The molecule has 1 aromatic carbocycles. The van der Waals surface area contributed by atoms with Crippen molar-refractivity contribution < 1.29 is 9.53 Å². The minimum atomic E-state index is -0.0565. The maximum absolute atomic E-state index is 11.8. The summed E-state index contributed by atoms with van der Waals surface area (Å²) in [4.78, 5) is 13.3. The molecule has 4 heteroatoms. The first-order chi connectivity index (χ1) is 7.95. The molecule has 0 bridgehead atoms. The number of carbonyl (C=O) groups is 1. The van der Waals surface area contributed by atoms with Crippen molar-refractivity contribution in [2.24, 2.45) is 0 Å². The zero-order valence-corrected chi connectivity index (χ0v) is 10.9. The van der Waals surface area contributed by atoms with E-state index in [1.807, 2.05) is 13.8 Å². The van der Waals surface area contributed by atoms with Gasteiger partial charge in [-0.1, -0.05) is 6.92 Å². The van der Waals surface area contributed by atoms with Crippen LogP contribution in [0, 0.1) is 0 Å². The van der Waals surface area contributed by atoms with E-state index in [0.717, 1.165) is 6.42 Å². The molecule has 0 heterocycles. The number of hydrogen-bond acceptors (Lipinski definition) is 3. The molecule has 4 nitrogen and oxygen atoms in total. The molecule has 1 atom stereocenters. The molecule has 0 spiro atoms. The van der Waals surface area contributed by atoms with Crippen molar-refractivity contribution in [3.05, 3.63) is 23.8 Å². The molecule has 94 valence electrons. The molecule has 0 fully saturated rings. The number of ether oxygens (including phenoxy) is 1. The monoisotopic (exact) mass is 236 g/mol. The first-order valence-corrected chi connectivity index (χ1v) is 5.73. The Balaban J connectivity index is 2.98. The molecule has 0 aliphatic carbocycles. The standard InChI is InChI=1S/C13H20N2O2/c1-5-9(2)17-12-8-10(6-7-11(12)14)13(16)15(3)4/h6-9H,5,14H2,1-4H3. The van der Waals surface area contributed by atoms with E-state index in [9.17, 15) is 4.79 Å². The molecule has 1 amide bonds. The van der Waals surface area contributed by atoms with Crippen LogP contribution >= 0.6 is 0 Å². The van der Waals surface area contributed by atoms with Crippen LogP contribution in [0.1, 0.15) is 30.6 Å². The molecule has 0 aromatic heterocycles. The third-order valence-electron chi connectivity index (χ3n) is 2.57. The van der Waals surface area contributed by atoms with Crippen LogP contribution in [0.5, 0.6) is 5.75 Å². The number of carbonyl (C=O) groups excluding carboxylic acids is 1. The molecule has 1 aromatic rings. The van der Waals surface area contributed by atoms with Gasteiger partial charge in [-0.2, -0.15) is 0 Å². The molecule has 0 aliphatic rings. The van der Waals surface area contributed by atoms with Crippen LogP contribution in [-0.4, -0.2) is 31.0 Å². The van der Waals surface area contributed by atoms with Crippen molar-refractivity contribution >= 4 is 11.6 Å². The lowest BCUT2D eigenvalue weighted by Crippen LogP contribution is -2.22. The highest BCUT2D eigenvalue weighted by atomic mass is 16.5. The summed E-state index contributed by atoms with van der Waals surface area (Å²) in [5, 5.41) is 0. The highest BCUT2D eigenvalue weighted by molar-refractivity contribution is 5.94. The summed E-state index contributed by atoms with van der Waals surface area (Å²) in [5.74, 6) is 0.519. The van der Waals surface area contributed by atoms with Gasteiger partial charge in [0.05, 0.1) is 11.8 Å². The smallest absolute Gasteiger partial charge is 0.253 e. The van der Waals surface area contributed by atoms with E-state index in [0.29, 0.717) is 17.0 Å². The number of hydrogen-bond donors (Lipinski definition) is 1. The van der Waals surface area contributed by atoms with Gasteiger partial charge in [-0.25, -0.2) is 0 Å². The van der Waals surface area contributed by atoms with Crippen molar-refractivity contribution in [2.45, 2.75) is 26.4 Å². The van der Waals surface area contributed by atoms with Crippen LogP contribution in [0.2, 0.25) is 0 Å². The molecule has 1 rings (SSSR count). The van der Waals surface area contributed by atoms with Gasteiger partial charge >= 0.3 is 0 Å². The Bertz CT molecular complexity index is 402. The van der Waals surface area contributed by atoms with Gasteiger partial charge in [0.2, 0.25) is 0 Å². The molecule has 17 heavy (non-hydrogen) atoms. The van der Waals surface area contributed by atoms with E-state index < -0.39 is 0 Å². The molecule has 2 N–H and O–H groups in total. The molecule has 0 aliphatic heterocycles. The second kappa shape index (κ2) is 5.57. The Morgan fingerprint density at radius 2 is 2.12 bits per heavy atom. The summed E-state index contributed by atoms with van der Waals surface area (Å²) >= 11 is 0. The van der Waals surface area contributed by atoms with Gasteiger partial charge in [0.15, 0.2) is 0 Å². The number of rotatable bonds is 4. The summed E-state index contributed by atoms with van der Waals surface area (Å²) in [6.45, 7) is 4.01. The van der Waals surface area contributed by atoms with Gasteiger partial charge < -0.3 is 15.4 Å². The predicted molar refractivity (Wildman–Crippen MR) is 69.3 cm³/mol. The van der Waals surface area contributed by atoms with Gasteiger partial charge in [-0.15, -0.1) is 0 Å². The Hall–Kier alpha value is -1.71. The fraction of sp³-hybridized carbons (Fsp3) is 0.462. The van der Waals surface area contributed by atoms with E-state index >= 15 is 0 Å². The lowest BCUT2D eigenvalue weighted by molar-refractivity contribution is 0.0827. The first-order valence-electron chi connectivity index (χ1n) is 5.73. The zero-order valence-electron chi connectivity index (χ0n) is 10.9. The minimum absolute atomic E-state index is 0.0565. The molecule has 1 unspecified atom stereocenters. The molecule has 0 radical (unpaired) electrons. The Morgan fingerprint density at radius 1 is 1.47 bits per heavy atom. The summed E-state index contributed by atoms with van der Waals surface area (Å²) < 4.78 is 5.67. The highest BCUT2D eigenvalue weighted by Crippen LogP contribution is 2.24. The van der Waals surface area contributed by atoms with Crippen molar-refractivity contribution in [1.82, 2.24) is 4.90 Å². The van der Waals surface area contributed by atoms with Gasteiger partial charge in [0.25, 0.3) is 5.91 Å². The second-order valence-electron chi connectivity index (χ2n) is 4.29. The summed E-state index contributed by atoms with van der Waals surface area (Å²) in [6, 6.07) is 5.11. The highest BCUT2D eigenvalue weighted by Gasteiger charge is 2.12.